The maximum absolute atomic E-state index is 12.0. The number of ketones is 1. The maximum atomic E-state index is 12.0. The quantitative estimate of drug-likeness (QED) is 0.111. The molecule has 0 aliphatic heterocycles. The summed E-state index contributed by atoms with van der Waals surface area (Å²) in [6.07, 6.45) is 0. The van der Waals surface area contributed by atoms with Gasteiger partial charge in [0.2, 0.25) is 5.91 Å². The van der Waals surface area contributed by atoms with Gasteiger partial charge in [0.05, 0.1) is 65.9 Å². The Bertz CT molecular complexity index is 559. The van der Waals surface area contributed by atoms with Crippen molar-refractivity contribution in [2.45, 2.75) is 0 Å². The number of Topliss-reactive ketones (excluding diaryl/α,β-unsaturated/α-hetero) is 1. The molecule has 0 rings (SSSR count). The highest BCUT2D eigenvalue weighted by Crippen LogP contribution is 2.21. The maximum Gasteiger partial charge on any atom is 0.331 e. The molecular formula is C21H37NO13. The zero-order valence-electron chi connectivity index (χ0n) is 20.5. The summed E-state index contributed by atoms with van der Waals surface area (Å²) in [6, 6.07) is 0. The molecule has 0 aromatic carbocycles. The Hall–Kier alpha value is -2.20. The predicted molar refractivity (Wildman–Crippen MR) is 118 cm³/mol. The number of nitrogens with one attached hydrogen (secondary N) is 1. The lowest BCUT2D eigenvalue weighted by atomic mass is 9.92. The van der Waals surface area contributed by atoms with E-state index in [1.807, 2.05) is 0 Å². The Labute approximate surface area is 204 Å². The van der Waals surface area contributed by atoms with E-state index in [1.165, 1.54) is 14.2 Å². The highest BCUT2D eigenvalue weighted by molar-refractivity contribution is 5.80. The van der Waals surface area contributed by atoms with Crippen molar-refractivity contribution in [1.82, 2.24) is 5.32 Å². The molecule has 0 aliphatic rings. The molecule has 14 nitrogen and oxygen atoms in total. The third kappa shape index (κ3) is 17.8. The third-order valence-electron chi connectivity index (χ3n) is 4.20. The minimum absolute atomic E-state index is 0.152. The van der Waals surface area contributed by atoms with Crippen molar-refractivity contribution in [3.63, 3.8) is 0 Å². The third-order valence-corrected chi connectivity index (χ3v) is 4.20. The van der Waals surface area contributed by atoms with Crippen LogP contribution in [0.15, 0.2) is 0 Å². The lowest BCUT2D eigenvalue weighted by molar-refractivity contribution is -0.156. The molecule has 14 heteroatoms. The van der Waals surface area contributed by atoms with E-state index >= 15 is 0 Å². The zero-order valence-corrected chi connectivity index (χ0v) is 20.5. The molecule has 1 amide bonds. The van der Waals surface area contributed by atoms with Crippen LogP contribution in [0, 0.1) is 5.41 Å². The van der Waals surface area contributed by atoms with E-state index < -0.39 is 42.3 Å². The standard InChI is InChI=1S/C21H37NO13/c1-28-6-7-31-5-4-22-18(25)10-33-14-21(13-32-9-17(24)8-23,15-34-11-19(26)29-2)16-35-12-20(27)30-3/h23H,4-16H2,1-3H3,(H,22,25). The normalized spacial score (nSPS) is 11.2. The van der Waals surface area contributed by atoms with Gasteiger partial charge in [-0.15, -0.1) is 0 Å². The number of aliphatic hydroxyl groups excluding tert-OH is 1. The SMILES string of the molecule is COCCOCCNC(=O)COCC(COCC(=O)CO)(COCC(=O)OC)COCC(=O)OC. The second-order valence-electron chi connectivity index (χ2n) is 7.28. The van der Waals surface area contributed by atoms with Gasteiger partial charge in [-0.05, 0) is 0 Å². The number of ether oxygens (including phenoxy) is 8. The summed E-state index contributed by atoms with van der Waals surface area (Å²) in [5.74, 6) is -2.22. The highest BCUT2D eigenvalue weighted by Gasteiger charge is 2.34. The molecule has 0 fully saturated rings. The van der Waals surface area contributed by atoms with Gasteiger partial charge in [0.15, 0.2) is 5.78 Å². The summed E-state index contributed by atoms with van der Waals surface area (Å²) >= 11 is 0. The molecule has 0 aliphatic carbocycles. The van der Waals surface area contributed by atoms with Crippen LogP contribution in [0.2, 0.25) is 0 Å². The van der Waals surface area contributed by atoms with E-state index in [0.29, 0.717) is 19.8 Å². The molecule has 0 bridgehead atoms. The molecule has 0 unspecified atom stereocenters. The van der Waals surface area contributed by atoms with Crippen molar-refractivity contribution in [1.29, 1.82) is 0 Å². The highest BCUT2D eigenvalue weighted by atomic mass is 16.6. The summed E-state index contributed by atoms with van der Waals surface area (Å²) in [7, 11) is 3.96. The van der Waals surface area contributed by atoms with Crippen LogP contribution in [0.5, 0.6) is 0 Å². The Balaban J connectivity index is 5.00. The van der Waals surface area contributed by atoms with Crippen LogP contribution < -0.4 is 5.32 Å². The van der Waals surface area contributed by atoms with Crippen LogP contribution in [0.1, 0.15) is 0 Å². The summed E-state index contributed by atoms with van der Waals surface area (Å²) in [4.78, 5) is 46.3. The van der Waals surface area contributed by atoms with Crippen molar-refractivity contribution in [2.24, 2.45) is 5.41 Å². The number of carbonyl (C=O) groups excluding carboxylic acids is 4. The van der Waals surface area contributed by atoms with E-state index in [9.17, 15) is 19.2 Å². The van der Waals surface area contributed by atoms with E-state index in [0.717, 1.165) is 0 Å². The number of hydrogen-bond donors (Lipinski definition) is 2. The van der Waals surface area contributed by atoms with E-state index in [-0.39, 0.29) is 52.8 Å². The minimum atomic E-state index is -1.12. The predicted octanol–water partition coefficient (Wildman–Crippen LogP) is -2.27. The van der Waals surface area contributed by atoms with E-state index in [1.54, 1.807) is 7.11 Å². The first-order valence-electron chi connectivity index (χ1n) is 10.7. The van der Waals surface area contributed by atoms with Crippen LogP contribution in [0.4, 0.5) is 0 Å². The molecule has 0 saturated carbocycles. The van der Waals surface area contributed by atoms with Crippen LogP contribution in [-0.4, -0.2) is 136 Å². The Kier molecular flexibility index (Phi) is 19.8. The number of amides is 1. The Morgan fingerprint density at radius 3 is 1.69 bits per heavy atom. The van der Waals surface area contributed by atoms with Gasteiger partial charge >= 0.3 is 11.9 Å². The smallest absolute Gasteiger partial charge is 0.331 e. The number of carbonyl (C=O) groups is 4. The number of aliphatic hydroxyl groups is 1. The fraction of sp³-hybridized carbons (Fsp3) is 0.810. The fourth-order valence-electron chi connectivity index (χ4n) is 2.41. The number of esters is 2. The Morgan fingerprint density at radius 2 is 1.20 bits per heavy atom. The number of hydrogen-bond acceptors (Lipinski definition) is 13. The monoisotopic (exact) mass is 511 g/mol. The van der Waals surface area contributed by atoms with Gasteiger partial charge in [-0.2, -0.15) is 0 Å². The first-order valence-corrected chi connectivity index (χ1v) is 10.7. The average molecular weight is 512 g/mol. The van der Waals surface area contributed by atoms with Crippen molar-refractivity contribution in [2.75, 3.05) is 107 Å². The summed E-state index contributed by atoms with van der Waals surface area (Å²) in [5.41, 5.74) is -1.12. The largest absolute Gasteiger partial charge is 0.467 e. The lowest BCUT2D eigenvalue weighted by Gasteiger charge is -2.32. The van der Waals surface area contributed by atoms with Crippen LogP contribution in [-0.2, 0) is 57.1 Å². The Morgan fingerprint density at radius 1 is 0.686 bits per heavy atom. The van der Waals surface area contributed by atoms with Gasteiger partial charge < -0.3 is 48.3 Å². The molecule has 0 aromatic rings. The molecule has 0 heterocycles. The number of methoxy groups -OCH3 is 3. The van der Waals surface area contributed by atoms with Gasteiger partial charge in [-0.25, -0.2) is 9.59 Å². The lowest BCUT2D eigenvalue weighted by Crippen LogP contribution is -2.44. The van der Waals surface area contributed by atoms with Crippen LogP contribution in [0.3, 0.4) is 0 Å². The first-order chi connectivity index (χ1) is 16.8. The second-order valence-corrected chi connectivity index (χ2v) is 7.28. The van der Waals surface area contributed by atoms with E-state index in [4.69, 9.17) is 33.5 Å². The van der Waals surface area contributed by atoms with Crippen molar-refractivity contribution in [3.05, 3.63) is 0 Å². The van der Waals surface area contributed by atoms with Gasteiger partial charge in [-0.3, -0.25) is 9.59 Å². The minimum Gasteiger partial charge on any atom is -0.467 e. The molecular weight excluding hydrogens is 474 g/mol. The fourth-order valence-corrected chi connectivity index (χ4v) is 2.41. The number of rotatable bonds is 23. The van der Waals surface area contributed by atoms with Gasteiger partial charge in [-0.1, -0.05) is 0 Å². The van der Waals surface area contributed by atoms with E-state index in [2.05, 4.69) is 14.8 Å². The summed E-state index contributed by atoms with van der Waals surface area (Å²) in [5, 5.41) is 11.5. The molecule has 0 aromatic heterocycles. The summed E-state index contributed by atoms with van der Waals surface area (Å²) < 4.78 is 40.9. The van der Waals surface area contributed by atoms with Gasteiger partial charge in [0.25, 0.3) is 0 Å². The van der Waals surface area contributed by atoms with Crippen molar-refractivity contribution >= 4 is 23.6 Å². The molecule has 0 atom stereocenters. The first kappa shape index (κ1) is 32.8. The second kappa shape index (κ2) is 21.1. The molecule has 0 saturated heterocycles. The molecule has 0 radical (unpaired) electrons. The molecule has 2 N–H and O–H groups in total. The van der Waals surface area contributed by atoms with Crippen molar-refractivity contribution in [3.8, 4) is 0 Å². The topological polar surface area (TPSA) is 174 Å². The van der Waals surface area contributed by atoms with Crippen LogP contribution in [0.25, 0.3) is 0 Å². The average Bonchev–Trinajstić information content (AvgIpc) is 2.85. The van der Waals surface area contributed by atoms with Crippen LogP contribution >= 0.6 is 0 Å². The zero-order chi connectivity index (χ0) is 26.4. The molecule has 204 valence electrons. The summed E-state index contributed by atoms with van der Waals surface area (Å²) in [6.45, 7) is -1.39. The molecule has 35 heavy (non-hydrogen) atoms. The van der Waals surface area contributed by atoms with Gasteiger partial charge in [0.1, 0.15) is 33.0 Å². The van der Waals surface area contributed by atoms with Gasteiger partial charge in [0, 0.05) is 13.7 Å². The molecule has 0 spiro atoms. The van der Waals surface area contributed by atoms with Crippen molar-refractivity contribution < 1.29 is 62.2 Å².